The van der Waals surface area contributed by atoms with E-state index in [0.717, 1.165) is 18.6 Å². The molecule has 5 heteroatoms. The molecular formula is C10H12ClNO2S. The molecule has 15 heavy (non-hydrogen) atoms. The molecule has 0 saturated carbocycles. The molecule has 0 amide bonds. The number of aromatic nitrogens is 1. The van der Waals surface area contributed by atoms with Crippen LogP contribution in [0.3, 0.4) is 0 Å². The number of carbonyl (C=O) groups is 1. The van der Waals surface area contributed by atoms with Crippen molar-refractivity contribution in [2.45, 2.75) is 24.8 Å². The number of unbranched alkanes of at least 4 members (excludes halogenated alkanes) is 1. The second kappa shape index (κ2) is 5.98. The van der Waals surface area contributed by atoms with Crippen molar-refractivity contribution in [1.29, 1.82) is 0 Å². The van der Waals surface area contributed by atoms with E-state index < -0.39 is 5.97 Å². The predicted octanol–water partition coefficient (Wildman–Crippen LogP) is 3.33. The molecule has 1 aromatic heterocycles. The minimum Gasteiger partial charge on any atom is -0.478 e. The third kappa shape index (κ3) is 4.10. The van der Waals surface area contributed by atoms with Gasteiger partial charge in [-0.15, -0.1) is 11.8 Å². The third-order valence-electron chi connectivity index (χ3n) is 1.77. The first-order valence-corrected chi connectivity index (χ1v) is 6.03. The molecule has 0 fully saturated rings. The normalized spacial score (nSPS) is 10.3. The van der Waals surface area contributed by atoms with Gasteiger partial charge in [0.1, 0.15) is 5.15 Å². The summed E-state index contributed by atoms with van der Waals surface area (Å²) in [5.74, 6) is -0.0419. The van der Waals surface area contributed by atoms with Gasteiger partial charge in [0.05, 0.1) is 10.6 Å². The standard InChI is InChI=1S/C10H12ClNO2S/c1-2-3-4-15-9-6-7(10(13)14)5-8(11)12-9/h5-6H,2-4H2,1H3,(H,13,14). The number of carboxylic acid groups (broad SMARTS) is 1. The molecular weight excluding hydrogens is 234 g/mol. The van der Waals surface area contributed by atoms with E-state index in [1.807, 2.05) is 0 Å². The van der Waals surface area contributed by atoms with E-state index in [0.29, 0.717) is 5.03 Å². The Bertz CT molecular complexity index is 357. The second-order valence-electron chi connectivity index (χ2n) is 3.02. The van der Waals surface area contributed by atoms with E-state index in [-0.39, 0.29) is 10.7 Å². The average molecular weight is 246 g/mol. The topological polar surface area (TPSA) is 50.2 Å². The Morgan fingerprint density at radius 1 is 1.60 bits per heavy atom. The molecule has 1 rings (SSSR count). The minimum atomic E-state index is -0.975. The first-order chi connectivity index (χ1) is 7.13. The van der Waals surface area contributed by atoms with Crippen LogP contribution in [0.1, 0.15) is 30.1 Å². The van der Waals surface area contributed by atoms with E-state index >= 15 is 0 Å². The molecule has 0 aromatic carbocycles. The smallest absolute Gasteiger partial charge is 0.335 e. The maximum atomic E-state index is 10.7. The van der Waals surface area contributed by atoms with Crippen molar-refractivity contribution < 1.29 is 9.90 Å². The number of aromatic carboxylic acids is 1. The highest BCUT2D eigenvalue weighted by molar-refractivity contribution is 7.99. The Morgan fingerprint density at radius 3 is 2.93 bits per heavy atom. The Kier molecular flexibility index (Phi) is 4.91. The van der Waals surface area contributed by atoms with Gasteiger partial charge in [0.25, 0.3) is 0 Å². The molecule has 0 aliphatic carbocycles. The number of halogens is 1. The lowest BCUT2D eigenvalue weighted by Gasteiger charge is -2.02. The molecule has 0 saturated heterocycles. The SMILES string of the molecule is CCCCSc1cc(C(=O)O)cc(Cl)n1. The molecule has 3 nitrogen and oxygen atoms in total. The van der Waals surface area contributed by atoms with Gasteiger partial charge in [0.2, 0.25) is 0 Å². The molecule has 1 N–H and O–H groups in total. The van der Waals surface area contributed by atoms with Crippen LogP contribution in [0.2, 0.25) is 5.15 Å². The van der Waals surface area contributed by atoms with Gasteiger partial charge in [-0.3, -0.25) is 0 Å². The van der Waals surface area contributed by atoms with E-state index in [1.165, 1.54) is 17.8 Å². The first kappa shape index (κ1) is 12.3. The van der Waals surface area contributed by atoms with Crippen LogP contribution in [0.25, 0.3) is 0 Å². The molecule has 0 unspecified atom stereocenters. The predicted molar refractivity (Wildman–Crippen MR) is 61.8 cm³/mol. The van der Waals surface area contributed by atoms with Crippen molar-refractivity contribution in [2.24, 2.45) is 0 Å². The quantitative estimate of drug-likeness (QED) is 0.491. The van der Waals surface area contributed by atoms with Gasteiger partial charge in [0.15, 0.2) is 0 Å². The fourth-order valence-corrected chi connectivity index (χ4v) is 2.27. The summed E-state index contributed by atoms with van der Waals surface area (Å²) >= 11 is 7.25. The molecule has 1 aromatic rings. The zero-order valence-corrected chi connectivity index (χ0v) is 9.94. The number of carboxylic acids is 1. The van der Waals surface area contributed by atoms with Gasteiger partial charge in [0, 0.05) is 0 Å². The van der Waals surface area contributed by atoms with Crippen molar-refractivity contribution in [3.8, 4) is 0 Å². The van der Waals surface area contributed by atoms with Gasteiger partial charge in [-0.2, -0.15) is 0 Å². The molecule has 0 bridgehead atoms. The van der Waals surface area contributed by atoms with Crippen LogP contribution >= 0.6 is 23.4 Å². The van der Waals surface area contributed by atoms with Gasteiger partial charge in [-0.25, -0.2) is 9.78 Å². The molecule has 0 spiro atoms. The number of hydrogen-bond acceptors (Lipinski definition) is 3. The van der Waals surface area contributed by atoms with E-state index in [4.69, 9.17) is 16.7 Å². The summed E-state index contributed by atoms with van der Waals surface area (Å²) < 4.78 is 0. The fraction of sp³-hybridized carbons (Fsp3) is 0.400. The van der Waals surface area contributed by atoms with Gasteiger partial charge in [-0.1, -0.05) is 24.9 Å². The Hall–Kier alpha value is -0.740. The summed E-state index contributed by atoms with van der Waals surface area (Å²) in [6.45, 7) is 2.11. The van der Waals surface area contributed by atoms with Crippen LogP contribution in [0, 0.1) is 0 Å². The summed E-state index contributed by atoms with van der Waals surface area (Å²) in [7, 11) is 0. The fourth-order valence-electron chi connectivity index (χ4n) is 0.991. The number of nitrogens with zero attached hydrogens (tertiary/aromatic N) is 1. The summed E-state index contributed by atoms with van der Waals surface area (Å²) in [5.41, 5.74) is 0.189. The van der Waals surface area contributed by atoms with Crippen LogP contribution in [-0.2, 0) is 0 Å². The summed E-state index contributed by atoms with van der Waals surface area (Å²) in [6.07, 6.45) is 2.20. The Morgan fingerprint density at radius 2 is 2.33 bits per heavy atom. The van der Waals surface area contributed by atoms with E-state index in [2.05, 4.69) is 11.9 Å². The lowest BCUT2D eigenvalue weighted by molar-refractivity contribution is 0.0696. The maximum absolute atomic E-state index is 10.7. The highest BCUT2D eigenvalue weighted by Crippen LogP contribution is 2.21. The highest BCUT2D eigenvalue weighted by Gasteiger charge is 2.07. The van der Waals surface area contributed by atoms with Gasteiger partial charge < -0.3 is 5.11 Å². The monoisotopic (exact) mass is 245 g/mol. The van der Waals surface area contributed by atoms with E-state index in [9.17, 15) is 4.79 Å². The van der Waals surface area contributed by atoms with Crippen LogP contribution < -0.4 is 0 Å². The minimum absolute atomic E-state index is 0.189. The van der Waals surface area contributed by atoms with E-state index in [1.54, 1.807) is 6.07 Å². The lowest BCUT2D eigenvalue weighted by atomic mass is 10.3. The number of thioether (sulfide) groups is 1. The molecule has 1 heterocycles. The second-order valence-corrected chi connectivity index (χ2v) is 4.53. The molecule has 82 valence electrons. The maximum Gasteiger partial charge on any atom is 0.335 e. The first-order valence-electron chi connectivity index (χ1n) is 4.67. The summed E-state index contributed by atoms with van der Waals surface area (Å²) in [6, 6.07) is 2.91. The third-order valence-corrected chi connectivity index (χ3v) is 2.96. The Labute approximate surface area is 97.9 Å². The van der Waals surface area contributed by atoms with Gasteiger partial charge >= 0.3 is 5.97 Å². The summed E-state index contributed by atoms with van der Waals surface area (Å²) in [5, 5.41) is 9.71. The van der Waals surface area contributed by atoms with Crippen molar-refractivity contribution in [3.05, 3.63) is 22.8 Å². The summed E-state index contributed by atoms with van der Waals surface area (Å²) in [4.78, 5) is 14.8. The zero-order chi connectivity index (χ0) is 11.3. The van der Waals surface area contributed by atoms with Crippen LogP contribution in [0.15, 0.2) is 17.2 Å². The molecule has 0 atom stereocenters. The molecule has 0 radical (unpaired) electrons. The number of rotatable bonds is 5. The van der Waals surface area contributed by atoms with Crippen molar-refractivity contribution in [2.75, 3.05) is 5.75 Å². The molecule has 0 aliphatic rings. The van der Waals surface area contributed by atoms with Crippen molar-refractivity contribution >= 4 is 29.3 Å². The van der Waals surface area contributed by atoms with Gasteiger partial charge in [-0.05, 0) is 24.3 Å². The number of pyridine rings is 1. The van der Waals surface area contributed by atoms with Crippen LogP contribution in [0.4, 0.5) is 0 Å². The highest BCUT2D eigenvalue weighted by atomic mass is 35.5. The number of hydrogen-bond donors (Lipinski definition) is 1. The van der Waals surface area contributed by atoms with Crippen LogP contribution in [-0.4, -0.2) is 21.8 Å². The van der Waals surface area contributed by atoms with Crippen LogP contribution in [0.5, 0.6) is 0 Å². The largest absolute Gasteiger partial charge is 0.478 e. The Balaban J connectivity index is 2.75. The van der Waals surface area contributed by atoms with Crippen molar-refractivity contribution in [3.63, 3.8) is 0 Å². The zero-order valence-electron chi connectivity index (χ0n) is 8.36. The van der Waals surface area contributed by atoms with Crippen molar-refractivity contribution in [1.82, 2.24) is 4.98 Å². The molecule has 0 aliphatic heterocycles. The lowest BCUT2D eigenvalue weighted by Crippen LogP contribution is -1.98. The average Bonchev–Trinajstić information content (AvgIpc) is 2.17.